The van der Waals surface area contributed by atoms with Gasteiger partial charge in [-0.3, -0.25) is 4.79 Å². The first-order valence-electron chi connectivity index (χ1n) is 8.49. The van der Waals surface area contributed by atoms with Gasteiger partial charge in [0.25, 0.3) is 0 Å². The summed E-state index contributed by atoms with van der Waals surface area (Å²) in [7, 11) is -3.77. The Labute approximate surface area is 159 Å². The molecule has 1 heterocycles. The molecule has 0 aromatic heterocycles. The fraction of sp³-hybridized carbons (Fsp3) is 0.316. The largest absolute Gasteiger partial charge is 0.351 e. The highest BCUT2D eigenvalue weighted by molar-refractivity contribution is 7.89. The zero-order chi connectivity index (χ0) is 18.7. The minimum absolute atomic E-state index is 0.121. The van der Waals surface area contributed by atoms with Crippen LogP contribution in [0.3, 0.4) is 0 Å². The molecule has 2 aromatic rings. The SMILES string of the molecule is Cc1ccc(S(=O)(=O)N2CCC[C@@H]2C(=O)NCc2ccccc2)cc1Cl. The molecule has 0 bridgehead atoms. The molecule has 3 rings (SSSR count). The molecule has 0 unspecified atom stereocenters. The second kappa shape index (κ2) is 7.78. The van der Waals surface area contributed by atoms with Gasteiger partial charge < -0.3 is 5.32 Å². The van der Waals surface area contributed by atoms with Gasteiger partial charge in [-0.1, -0.05) is 48.0 Å². The highest BCUT2D eigenvalue weighted by Gasteiger charge is 2.39. The third-order valence-corrected chi connectivity index (χ3v) is 6.88. The molecule has 5 nitrogen and oxygen atoms in total. The summed E-state index contributed by atoms with van der Waals surface area (Å²) in [5.74, 6) is -0.270. The van der Waals surface area contributed by atoms with Crippen LogP contribution in [0.15, 0.2) is 53.4 Å². The number of hydrogen-bond donors (Lipinski definition) is 1. The first kappa shape index (κ1) is 18.9. The minimum Gasteiger partial charge on any atom is -0.351 e. The quantitative estimate of drug-likeness (QED) is 0.850. The van der Waals surface area contributed by atoms with Crippen LogP contribution in [0.4, 0.5) is 0 Å². The van der Waals surface area contributed by atoms with Crippen molar-refractivity contribution < 1.29 is 13.2 Å². The standard InChI is InChI=1S/C19H21ClN2O3S/c1-14-9-10-16(12-17(14)20)26(24,25)22-11-5-8-18(22)19(23)21-13-15-6-3-2-4-7-15/h2-4,6-7,9-10,12,18H,5,8,11,13H2,1H3,(H,21,23)/t18-/m1/s1. The lowest BCUT2D eigenvalue weighted by Crippen LogP contribution is -2.45. The van der Waals surface area contributed by atoms with E-state index in [1.165, 1.54) is 16.4 Å². The number of halogens is 1. The number of carbonyl (C=O) groups excluding carboxylic acids is 1. The number of nitrogens with one attached hydrogen (secondary N) is 1. The van der Waals surface area contributed by atoms with Crippen molar-refractivity contribution >= 4 is 27.5 Å². The summed E-state index contributed by atoms with van der Waals surface area (Å²) >= 11 is 6.08. The summed E-state index contributed by atoms with van der Waals surface area (Å²) in [4.78, 5) is 12.7. The summed E-state index contributed by atoms with van der Waals surface area (Å²) < 4.78 is 27.2. The van der Waals surface area contributed by atoms with E-state index < -0.39 is 16.1 Å². The fourth-order valence-corrected chi connectivity index (χ4v) is 4.99. The molecule has 1 fully saturated rings. The number of rotatable bonds is 5. The van der Waals surface area contributed by atoms with Gasteiger partial charge in [0.1, 0.15) is 6.04 Å². The van der Waals surface area contributed by atoms with E-state index >= 15 is 0 Å². The zero-order valence-electron chi connectivity index (χ0n) is 14.5. The van der Waals surface area contributed by atoms with E-state index in [-0.39, 0.29) is 10.8 Å². The lowest BCUT2D eigenvalue weighted by molar-refractivity contribution is -0.124. The summed E-state index contributed by atoms with van der Waals surface area (Å²) in [5, 5.41) is 3.24. The Morgan fingerprint density at radius 1 is 1.23 bits per heavy atom. The summed E-state index contributed by atoms with van der Waals surface area (Å²) in [6.07, 6.45) is 1.17. The van der Waals surface area contributed by atoms with Crippen molar-refractivity contribution in [2.24, 2.45) is 0 Å². The van der Waals surface area contributed by atoms with Crippen molar-refractivity contribution in [2.45, 2.75) is 37.2 Å². The first-order valence-corrected chi connectivity index (χ1v) is 10.3. The molecule has 0 aliphatic carbocycles. The summed E-state index contributed by atoms with van der Waals surface area (Å²) in [6.45, 7) is 2.52. The van der Waals surface area contributed by atoms with Gasteiger partial charge >= 0.3 is 0 Å². The lowest BCUT2D eigenvalue weighted by Gasteiger charge is -2.23. The third kappa shape index (κ3) is 3.92. The van der Waals surface area contributed by atoms with Gasteiger partial charge in [-0.15, -0.1) is 0 Å². The molecule has 1 aliphatic heterocycles. The molecule has 26 heavy (non-hydrogen) atoms. The van der Waals surface area contributed by atoms with Crippen molar-refractivity contribution in [3.63, 3.8) is 0 Å². The van der Waals surface area contributed by atoms with Gasteiger partial charge in [-0.25, -0.2) is 8.42 Å². The number of carbonyl (C=O) groups is 1. The molecular formula is C19H21ClN2O3S. The van der Waals surface area contributed by atoms with Crippen LogP contribution in [0.2, 0.25) is 5.02 Å². The molecule has 1 N–H and O–H groups in total. The van der Waals surface area contributed by atoms with Crippen molar-refractivity contribution in [2.75, 3.05) is 6.54 Å². The van der Waals surface area contributed by atoms with E-state index in [1.54, 1.807) is 6.07 Å². The van der Waals surface area contributed by atoms with E-state index in [0.29, 0.717) is 31.0 Å². The molecule has 0 saturated carbocycles. The van der Waals surface area contributed by atoms with Crippen molar-refractivity contribution in [1.29, 1.82) is 0 Å². The first-order chi connectivity index (χ1) is 12.4. The van der Waals surface area contributed by atoms with Crippen molar-refractivity contribution in [1.82, 2.24) is 9.62 Å². The predicted molar refractivity (Wildman–Crippen MR) is 101 cm³/mol. The number of nitrogens with zero attached hydrogens (tertiary/aromatic N) is 1. The number of amides is 1. The minimum atomic E-state index is -3.77. The highest BCUT2D eigenvalue weighted by atomic mass is 35.5. The van der Waals surface area contributed by atoms with Crippen LogP contribution < -0.4 is 5.32 Å². The molecule has 0 spiro atoms. The maximum absolute atomic E-state index is 13.0. The van der Waals surface area contributed by atoms with Crippen molar-refractivity contribution in [3.05, 3.63) is 64.7 Å². The van der Waals surface area contributed by atoms with Crippen LogP contribution in [0.5, 0.6) is 0 Å². The average molecular weight is 393 g/mol. The van der Waals surface area contributed by atoms with Crippen LogP contribution in [0.1, 0.15) is 24.0 Å². The van der Waals surface area contributed by atoms with Gasteiger partial charge in [-0.2, -0.15) is 4.31 Å². The Balaban J connectivity index is 1.76. The topological polar surface area (TPSA) is 66.5 Å². The van der Waals surface area contributed by atoms with Gasteiger partial charge in [0.05, 0.1) is 4.90 Å². The maximum atomic E-state index is 13.0. The summed E-state index contributed by atoms with van der Waals surface area (Å²) in [5.41, 5.74) is 1.78. The second-order valence-electron chi connectivity index (χ2n) is 6.39. The number of hydrogen-bond acceptors (Lipinski definition) is 3. The summed E-state index contributed by atoms with van der Waals surface area (Å²) in [6, 6.07) is 13.5. The maximum Gasteiger partial charge on any atom is 0.243 e. The molecule has 1 aliphatic rings. The molecule has 1 saturated heterocycles. The number of benzene rings is 2. The number of sulfonamides is 1. The van der Waals surface area contributed by atoms with Gasteiger partial charge in [-0.05, 0) is 43.0 Å². The van der Waals surface area contributed by atoms with E-state index in [1.807, 2.05) is 37.3 Å². The Morgan fingerprint density at radius 2 is 1.96 bits per heavy atom. The van der Waals surface area contributed by atoms with E-state index in [0.717, 1.165) is 11.1 Å². The van der Waals surface area contributed by atoms with E-state index in [4.69, 9.17) is 11.6 Å². The normalized spacial score (nSPS) is 18.0. The highest BCUT2D eigenvalue weighted by Crippen LogP contribution is 2.28. The molecule has 1 atom stereocenters. The van der Waals surface area contributed by atoms with E-state index in [2.05, 4.69) is 5.32 Å². The Kier molecular flexibility index (Phi) is 5.65. The molecule has 138 valence electrons. The Bertz CT molecular complexity index is 900. The molecular weight excluding hydrogens is 372 g/mol. The van der Waals surface area contributed by atoms with Gasteiger partial charge in [0.15, 0.2) is 0 Å². The number of aryl methyl sites for hydroxylation is 1. The molecule has 7 heteroatoms. The van der Waals surface area contributed by atoms with Crippen molar-refractivity contribution in [3.8, 4) is 0 Å². The predicted octanol–water partition coefficient (Wildman–Crippen LogP) is 3.12. The Morgan fingerprint density at radius 3 is 2.65 bits per heavy atom. The second-order valence-corrected chi connectivity index (χ2v) is 8.69. The third-order valence-electron chi connectivity index (χ3n) is 4.57. The van der Waals surface area contributed by atoms with Crippen LogP contribution >= 0.6 is 11.6 Å². The Hall–Kier alpha value is -1.89. The van der Waals surface area contributed by atoms with Gasteiger partial charge in [0, 0.05) is 18.1 Å². The van der Waals surface area contributed by atoms with Crippen LogP contribution in [-0.4, -0.2) is 31.2 Å². The molecule has 2 aromatic carbocycles. The fourth-order valence-electron chi connectivity index (χ4n) is 3.06. The van der Waals surface area contributed by atoms with E-state index in [9.17, 15) is 13.2 Å². The molecule has 0 radical (unpaired) electrons. The average Bonchev–Trinajstić information content (AvgIpc) is 3.13. The van der Waals surface area contributed by atoms with Crippen LogP contribution in [0.25, 0.3) is 0 Å². The molecule has 1 amide bonds. The van der Waals surface area contributed by atoms with Crippen LogP contribution in [0, 0.1) is 6.92 Å². The van der Waals surface area contributed by atoms with Crippen LogP contribution in [-0.2, 0) is 21.4 Å². The smallest absolute Gasteiger partial charge is 0.243 e. The van der Waals surface area contributed by atoms with Gasteiger partial charge in [0.2, 0.25) is 15.9 Å². The zero-order valence-corrected chi connectivity index (χ0v) is 16.1. The monoisotopic (exact) mass is 392 g/mol. The lowest BCUT2D eigenvalue weighted by atomic mass is 10.2.